The van der Waals surface area contributed by atoms with Crippen LogP contribution in [0.5, 0.6) is 0 Å². The highest BCUT2D eigenvalue weighted by Crippen LogP contribution is 2.19. The maximum absolute atomic E-state index is 11.9. The molecule has 0 aliphatic carbocycles. The molecule has 2 heterocycles. The molecule has 1 saturated heterocycles. The molecule has 0 saturated carbocycles. The zero-order chi connectivity index (χ0) is 12.8. The molecule has 4 heteroatoms. The number of rotatable bonds is 4. The molecule has 0 spiro atoms. The monoisotopic (exact) mass is 248 g/mol. The Hall–Kier alpha value is -1.42. The normalized spacial score (nSPS) is 18.3. The first kappa shape index (κ1) is 13.0. The fourth-order valence-corrected chi connectivity index (χ4v) is 2.41. The number of hydrogen-bond acceptors (Lipinski definition) is 4. The van der Waals surface area contributed by atoms with E-state index in [0.29, 0.717) is 6.54 Å². The lowest BCUT2D eigenvalue weighted by molar-refractivity contribution is -0.143. The number of nitrogens with zero attached hydrogens (tertiary/aromatic N) is 2. The lowest BCUT2D eigenvalue weighted by Crippen LogP contribution is -2.36. The summed E-state index contributed by atoms with van der Waals surface area (Å²) < 4.78 is 4.90. The van der Waals surface area contributed by atoms with Crippen LogP contribution in [0.3, 0.4) is 0 Å². The molecule has 1 fully saturated rings. The second kappa shape index (κ2) is 6.50. The highest BCUT2D eigenvalue weighted by atomic mass is 16.5. The number of methoxy groups -OCH3 is 1. The Balaban J connectivity index is 2.07. The predicted octanol–water partition coefficient (Wildman–Crippen LogP) is 1.82. The van der Waals surface area contributed by atoms with Crippen molar-refractivity contribution < 1.29 is 9.53 Å². The minimum absolute atomic E-state index is 0.195. The van der Waals surface area contributed by atoms with E-state index in [2.05, 4.69) is 9.88 Å². The molecule has 0 aromatic carbocycles. The third kappa shape index (κ3) is 3.29. The summed E-state index contributed by atoms with van der Waals surface area (Å²) in [5.74, 6) is -0.464. The van der Waals surface area contributed by atoms with Crippen molar-refractivity contribution in [3.05, 3.63) is 30.1 Å². The average Bonchev–Trinajstić information content (AvgIpc) is 2.46. The Kier molecular flexibility index (Phi) is 4.70. The maximum Gasteiger partial charge on any atom is 0.316 e. The molecule has 0 bridgehead atoms. The molecular formula is C14H20N2O2. The van der Waals surface area contributed by atoms with Crippen molar-refractivity contribution in [3.8, 4) is 0 Å². The lowest BCUT2D eigenvalue weighted by Gasteiger charge is -2.29. The Morgan fingerprint density at radius 3 is 2.78 bits per heavy atom. The van der Waals surface area contributed by atoms with Crippen molar-refractivity contribution >= 4 is 5.97 Å². The minimum Gasteiger partial charge on any atom is -0.468 e. The average molecular weight is 248 g/mol. The van der Waals surface area contributed by atoms with E-state index in [1.807, 2.05) is 18.2 Å². The van der Waals surface area contributed by atoms with Gasteiger partial charge in [0.2, 0.25) is 0 Å². The molecule has 1 aromatic rings. The fourth-order valence-electron chi connectivity index (χ4n) is 2.41. The van der Waals surface area contributed by atoms with Crippen molar-refractivity contribution in [2.75, 3.05) is 26.7 Å². The number of likely N-dealkylation sites (tertiary alicyclic amines) is 1. The first-order valence-corrected chi connectivity index (χ1v) is 6.52. The van der Waals surface area contributed by atoms with Crippen molar-refractivity contribution in [1.29, 1.82) is 0 Å². The van der Waals surface area contributed by atoms with Gasteiger partial charge in [-0.3, -0.25) is 9.78 Å². The summed E-state index contributed by atoms with van der Waals surface area (Å²) >= 11 is 0. The molecule has 98 valence electrons. The van der Waals surface area contributed by atoms with Gasteiger partial charge in [0.25, 0.3) is 0 Å². The standard InChI is InChI=1S/C14H20N2O2/c1-18-14(17)12(13-7-3-4-8-15-13)11-16-9-5-2-6-10-16/h3-4,7-8,12H,2,5-6,9-11H2,1H3. The van der Waals surface area contributed by atoms with Gasteiger partial charge in [0.1, 0.15) is 5.92 Å². The van der Waals surface area contributed by atoms with Gasteiger partial charge >= 0.3 is 5.97 Å². The van der Waals surface area contributed by atoms with Crippen molar-refractivity contribution in [2.45, 2.75) is 25.2 Å². The van der Waals surface area contributed by atoms with Gasteiger partial charge in [0.15, 0.2) is 0 Å². The van der Waals surface area contributed by atoms with Crippen LogP contribution in [-0.4, -0.2) is 42.6 Å². The molecule has 2 rings (SSSR count). The van der Waals surface area contributed by atoms with E-state index in [9.17, 15) is 4.79 Å². The molecule has 1 aliphatic rings. The van der Waals surface area contributed by atoms with Gasteiger partial charge in [0.05, 0.1) is 12.8 Å². The number of piperidine rings is 1. The molecule has 1 aromatic heterocycles. The van der Waals surface area contributed by atoms with Crippen LogP contribution in [0, 0.1) is 0 Å². The van der Waals surface area contributed by atoms with Gasteiger partial charge in [-0.25, -0.2) is 0 Å². The molecular weight excluding hydrogens is 228 g/mol. The van der Waals surface area contributed by atoms with Crippen LogP contribution in [0.2, 0.25) is 0 Å². The second-order valence-electron chi connectivity index (χ2n) is 4.69. The smallest absolute Gasteiger partial charge is 0.316 e. The third-order valence-electron chi connectivity index (χ3n) is 3.42. The van der Waals surface area contributed by atoms with E-state index >= 15 is 0 Å². The Morgan fingerprint density at radius 2 is 2.17 bits per heavy atom. The lowest BCUT2D eigenvalue weighted by atomic mass is 10.0. The van der Waals surface area contributed by atoms with Crippen LogP contribution >= 0.6 is 0 Å². The third-order valence-corrected chi connectivity index (χ3v) is 3.42. The molecule has 0 N–H and O–H groups in total. The van der Waals surface area contributed by atoms with Gasteiger partial charge in [-0.1, -0.05) is 12.5 Å². The molecule has 0 radical (unpaired) electrons. The SMILES string of the molecule is COC(=O)C(CN1CCCCC1)c1ccccn1. The second-order valence-corrected chi connectivity index (χ2v) is 4.69. The Morgan fingerprint density at radius 1 is 1.39 bits per heavy atom. The van der Waals surface area contributed by atoms with E-state index in [4.69, 9.17) is 4.74 Å². The van der Waals surface area contributed by atoms with E-state index in [0.717, 1.165) is 18.8 Å². The molecule has 0 amide bonds. The first-order valence-electron chi connectivity index (χ1n) is 6.52. The number of ether oxygens (including phenoxy) is 1. The number of carbonyl (C=O) groups excluding carboxylic acids is 1. The summed E-state index contributed by atoms with van der Waals surface area (Å²) in [5.41, 5.74) is 0.801. The van der Waals surface area contributed by atoms with Crippen LogP contribution in [0.15, 0.2) is 24.4 Å². The molecule has 18 heavy (non-hydrogen) atoms. The number of pyridine rings is 1. The van der Waals surface area contributed by atoms with Crippen LogP contribution in [0.4, 0.5) is 0 Å². The fraction of sp³-hybridized carbons (Fsp3) is 0.571. The van der Waals surface area contributed by atoms with Gasteiger partial charge in [-0.05, 0) is 38.1 Å². The number of esters is 1. The quantitative estimate of drug-likeness (QED) is 0.762. The van der Waals surface area contributed by atoms with E-state index in [1.165, 1.54) is 26.4 Å². The summed E-state index contributed by atoms with van der Waals surface area (Å²) in [5, 5.41) is 0. The van der Waals surface area contributed by atoms with Gasteiger partial charge in [0, 0.05) is 12.7 Å². The molecule has 1 unspecified atom stereocenters. The van der Waals surface area contributed by atoms with Crippen LogP contribution < -0.4 is 0 Å². The van der Waals surface area contributed by atoms with Crippen molar-refractivity contribution in [2.24, 2.45) is 0 Å². The Bertz CT molecular complexity index is 375. The minimum atomic E-state index is -0.269. The van der Waals surface area contributed by atoms with Gasteiger partial charge in [-0.15, -0.1) is 0 Å². The van der Waals surface area contributed by atoms with E-state index in [1.54, 1.807) is 6.20 Å². The van der Waals surface area contributed by atoms with Crippen LogP contribution in [-0.2, 0) is 9.53 Å². The highest BCUT2D eigenvalue weighted by molar-refractivity contribution is 5.77. The summed E-state index contributed by atoms with van der Waals surface area (Å²) in [7, 11) is 1.44. The van der Waals surface area contributed by atoms with Crippen LogP contribution in [0.1, 0.15) is 30.9 Å². The van der Waals surface area contributed by atoms with Crippen molar-refractivity contribution in [1.82, 2.24) is 9.88 Å². The maximum atomic E-state index is 11.9. The topological polar surface area (TPSA) is 42.4 Å². The van der Waals surface area contributed by atoms with E-state index in [-0.39, 0.29) is 11.9 Å². The van der Waals surface area contributed by atoms with Crippen molar-refractivity contribution in [3.63, 3.8) is 0 Å². The zero-order valence-corrected chi connectivity index (χ0v) is 10.8. The zero-order valence-electron chi connectivity index (χ0n) is 10.8. The predicted molar refractivity (Wildman–Crippen MR) is 69.3 cm³/mol. The summed E-state index contributed by atoms with van der Waals surface area (Å²) in [6.07, 6.45) is 5.46. The molecule has 1 atom stereocenters. The molecule has 1 aliphatic heterocycles. The summed E-state index contributed by atoms with van der Waals surface area (Å²) in [6, 6.07) is 5.67. The van der Waals surface area contributed by atoms with Gasteiger partial charge in [-0.2, -0.15) is 0 Å². The van der Waals surface area contributed by atoms with E-state index < -0.39 is 0 Å². The number of carbonyl (C=O) groups is 1. The van der Waals surface area contributed by atoms with Gasteiger partial charge < -0.3 is 9.64 Å². The number of hydrogen-bond donors (Lipinski definition) is 0. The number of aromatic nitrogens is 1. The summed E-state index contributed by atoms with van der Waals surface area (Å²) in [6.45, 7) is 2.85. The largest absolute Gasteiger partial charge is 0.468 e. The molecule has 4 nitrogen and oxygen atoms in total. The summed E-state index contributed by atoms with van der Waals surface area (Å²) in [4.78, 5) is 18.5. The van der Waals surface area contributed by atoms with Crippen LogP contribution in [0.25, 0.3) is 0 Å². The first-order chi connectivity index (χ1) is 8.81. The Labute approximate surface area is 108 Å². The highest BCUT2D eigenvalue weighted by Gasteiger charge is 2.26.